The van der Waals surface area contributed by atoms with Gasteiger partial charge in [-0.05, 0) is 6.07 Å². The molecule has 0 bridgehead atoms. The summed E-state index contributed by atoms with van der Waals surface area (Å²) in [5, 5.41) is 11.0. The molecule has 0 aliphatic carbocycles. The van der Waals surface area contributed by atoms with E-state index in [-0.39, 0.29) is 22.9 Å². The third-order valence-electron chi connectivity index (χ3n) is 2.07. The fourth-order valence-electron chi connectivity index (χ4n) is 1.36. The van der Waals surface area contributed by atoms with Crippen molar-refractivity contribution in [2.45, 2.75) is 6.42 Å². The third-order valence-corrected chi connectivity index (χ3v) is 2.29. The quantitative estimate of drug-likeness (QED) is 0.469. The molecule has 0 heterocycles. The average Bonchev–Trinajstić information content (AvgIpc) is 2.28. The lowest BCUT2D eigenvalue weighted by atomic mass is 10.1. The van der Waals surface area contributed by atoms with Gasteiger partial charge in [0.05, 0.1) is 25.6 Å². The van der Waals surface area contributed by atoms with Crippen LogP contribution >= 0.6 is 11.6 Å². The second-order valence-corrected chi connectivity index (χ2v) is 3.56. The van der Waals surface area contributed by atoms with E-state index in [1.165, 1.54) is 26.4 Å². The van der Waals surface area contributed by atoms with Gasteiger partial charge in [0.2, 0.25) is 5.75 Å². The summed E-state index contributed by atoms with van der Waals surface area (Å²) in [6.07, 6.45) is -0.138. The topological polar surface area (TPSA) is 78.7 Å². The Labute approximate surface area is 102 Å². The van der Waals surface area contributed by atoms with Crippen molar-refractivity contribution in [3.8, 4) is 5.75 Å². The van der Waals surface area contributed by atoms with Gasteiger partial charge >= 0.3 is 11.7 Å². The maximum Gasteiger partial charge on any atom is 0.312 e. The van der Waals surface area contributed by atoms with Crippen LogP contribution in [0, 0.1) is 10.1 Å². The molecule has 0 aromatic heterocycles. The normalized spacial score (nSPS) is 9.82. The van der Waals surface area contributed by atoms with Gasteiger partial charge in [-0.1, -0.05) is 11.6 Å². The Balaban J connectivity index is 3.27. The molecule has 0 saturated heterocycles. The minimum atomic E-state index is -0.620. The molecule has 17 heavy (non-hydrogen) atoms. The molecule has 0 radical (unpaired) electrons. The van der Waals surface area contributed by atoms with Crippen molar-refractivity contribution in [2.75, 3.05) is 14.2 Å². The Morgan fingerprint density at radius 1 is 1.47 bits per heavy atom. The van der Waals surface area contributed by atoms with Crippen LogP contribution in [0.5, 0.6) is 5.75 Å². The zero-order valence-corrected chi connectivity index (χ0v) is 9.98. The molecule has 0 spiro atoms. The van der Waals surface area contributed by atoms with Gasteiger partial charge in [-0.25, -0.2) is 0 Å². The Morgan fingerprint density at radius 3 is 2.59 bits per heavy atom. The minimum absolute atomic E-state index is 0.0183. The highest BCUT2D eigenvalue weighted by Gasteiger charge is 2.21. The number of rotatable bonds is 4. The highest BCUT2D eigenvalue weighted by Crippen LogP contribution is 2.34. The van der Waals surface area contributed by atoms with E-state index in [2.05, 4.69) is 4.74 Å². The Bertz CT molecular complexity index is 460. The summed E-state index contributed by atoms with van der Waals surface area (Å²) in [5.74, 6) is -0.510. The third kappa shape index (κ3) is 3.07. The summed E-state index contributed by atoms with van der Waals surface area (Å²) in [7, 11) is 2.52. The fourth-order valence-corrected chi connectivity index (χ4v) is 1.60. The smallest absolute Gasteiger partial charge is 0.312 e. The van der Waals surface area contributed by atoms with E-state index in [4.69, 9.17) is 16.3 Å². The molecule has 1 aromatic carbocycles. The maximum atomic E-state index is 11.2. The van der Waals surface area contributed by atoms with E-state index in [1.54, 1.807) is 0 Å². The lowest BCUT2D eigenvalue weighted by Gasteiger charge is -2.08. The number of hydrogen-bond donors (Lipinski definition) is 0. The van der Waals surface area contributed by atoms with Gasteiger partial charge in [0.25, 0.3) is 0 Å². The van der Waals surface area contributed by atoms with Crippen LogP contribution in [-0.2, 0) is 16.0 Å². The summed E-state index contributed by atoms with van der Waals surface area (Å²) in [6, 6.07) is 2.60. The van der Waals surface area contributed by atoms with Crippen molar-refractivity contribution < 1.29 is 19.2 Å². The largest absolute Gasteiger partial charge is 0.490 e. The van der Waals surface area contributed by atoms with E-state index < -0.39 is 10.9 Å². The monoisotopic (exact) mass is 259 g/mol. The predicted molar refractivity (Wildman–Crippen MR) is 60.4 cm³/mol. The van der Waals surface area contributed by atoms with Crippen molar-refractivity contribution in [3.63, 3.8) is 0 Å². The number of halogens is 1. The van der Waals surface area contributed by atoms with Crippen molar-refractivity contribution in [1.29, 1.82) is 0 Å². The summed E-state index contributed by atoms with van der Waals surface area (Å²) in [5.41, 5.74) is 0.0393. The molecule has 0 amide bonds. The molecule has 1 rings (SSSR count). The van der Waals surface area contributed by atoms with Gasteiger partial charge in [0, 0.05) is 16.7 Å². The van der Waals surface area contributed by atoms with E-state index >= 15 is 0 Å². The number of methoxy groups -OCH3 is 2. The molecule has 0 aliphatic rings. The zero-order chi connectivity index (χ0) is 13.0. The number of hydrogen-bond acceptors (Lipinski definition) is 5. The average molecular weight is 260 g/mol. The number of nitro benzene ring substituents is 1. The molecule has 0 saturated carbocycles. The van der Waals surface area contributed by atoms with Crippen molar-refractivity contribution in [1.82, 2.24) is 0 Å². The van der Waals surface area contributed by atoms with E-state index in [1.807, 2.05) is 0 Å². The van der Waals surface area contributed by atoms with Crippen LogP contribution < -0.4 is 4.74 Å². The summed E-state index contributed by atoms with van der Waals surface area (Å²) < 4.78 is 9.42. The lowest BCUT2D eigenvalue weighted by Crippen LogP contribution is -2.07. The highest BCUT2D eigenvalue weighted by atomic mass is 35.5. The number of benzene rings is 1. The molecule has 0 unspecified atom stereocenters. The summed E-state index contributed by atoms with van der Waals surface area (Å²) in [4.78, 5) is 21.3. The predicted octanol–water partition coefficient (Wildman–Crippen LogP) is 1.97. The van der Waals surface area contributed by atoms with Gasteiger partial charge in [-0.3, -0.25) is 14.9 Å². The van der Waals surface area contributed by atoms with Gasteiger partial charge in [-0.15, -0.1) is 0 Å². The van der Waals surface area contributed by atoms with Crippen LogP contribution in [0.25, 0.3) is 0 Å². The Kier molecular flexibility index (Phi) is 4.28. The molecular formula is C10H10ClNO5. The van der Waals surface area contributed by atoms with Crippen LogP contribution in [0.4, 0.5) is 5.69 Å². The van der Waals surface area contributed by atoms with Crippen molar-refractivity contribution in [2.24, 2.45) is 0 Å². The molecule has 0 aliphatic heterocycles. The molecule has 7 heteroatoms. The number of esters is 1. The molecular weight excluding hydrogens is 250 g/mol. The molecule has 0 fully saturated rings. The van der Waals surface area contributed by atoms with Crippen molar-refractivity contribution >= 4 is 23.3 Å². The molecule has 0 atom stereocenters. The standard InChI is InChI=1S/C10H10ClNO5/c1-16-9(13)4-6-3-7(11)5-8(12(14)15)10(6)17-2/h3,5H,4H2,1-2H3. The maximum absolute atomic E-state index is 11.2. The lowest BCUT2D eigenvalue weighted by molar-refractivity contribution is -0.385. The number of carbonyl (C=O) groups excluding carboxylic acids is 1. The summed E-state index contributed by atoms with van der Waals surface area (Å²) in [6.45, 7) is 0. The van der Waals surface area contributed by atoms with Gasteiger partial charge < -0.3 is 9.47 Å². The Hall–Kier alpha value is -1.82. The van der Waals surface area contributed by atoms with Crippen molar-refractivity contribution in [3.05, 3.63) is 32.8 Å². The van der Waals surface area contributed by atoms with E-state index in [0.29, 0.717) is 5.56 Å². The number of nitrogens with zero attached hydrogens (tertiary/aromatic N) is 1. The van der Waals surface area contributed by atoms with Gasteiger partial charge in [0.1, 0.15) is 0 Å². The summed E-state index contributed by atoms with van der Waals surface area (Å²) >= 11 is 5.74. The number of carbonyl (C=O) groups is 1. The molecule has 6 nitrogen and oxygen atoms in total. The molecule has 0 N–H and O–H groups in total. The van der Waals surface area contributed by atoms with Crippen LogP contribution in [0.1, 0.15) is 5.56 Å². The highest BCUT2D eigenvalue weighted by molar-refractivity contribution is 6.31. The fraction of sp³-hybridized carbons (Fsp3) is 0.300. The van der Waals surface area contributed by atoms with Crippen LogP contribution in [-0.4, -0.2) is 25.1 Å². The first-order valence-electron chi connectivity index (χ1n) is 4.57. The van der Waals surface area contributed by atoms with Gasteiger partial charge in [-0.2, -0.15) is 0 Å². The van der Waals surface area contributed by atoms with E-state index in [9.17, 15) is 14.9 Å². The second kappa shape index (κ2) is 5.49. The number of ether oxygens (including phenoxy) is 2. The number of nitro groups is 1. The van der Waals surface area contributed by atoms with Crippen LogP contribution in [0.15, 0.2) is 12.1 Å². The zero-order valence-electron chi connectivity index (χ0n) is 9.23. The van der Waals surface area contributed by atoms with Crippen LogP contribution in [0.2, 0.25) is 5.02 Å². The first-order valence-corrected chi connectivity index (χ1v) is 4.95. The SMILES string of the molecule is COC(=O)Cc1cc(Cl)cc([N+](=O)[O-])c1OC. The first-order chi connectivity index (χ1) is 7.99. The molecule has 1 aromatic rings. The second-order valence-electron chi connectivity index (χ2n) is 3.13. The van der Waals surface area contributed by atoms with Gasteiger partial charge in [0.15, 0.2) is 0 Å². The van der Waals surface area contributed by atoms with Crippen LogP contribution in [0.3, 0.4) is 0 Å². The molecule has 92 valence electrons. The van der Waals surface area contributed by atoms with E-state index in [0.717, 1.165) is 0 Å². The first kappa shape index (κ1) is 13.2. The Morgan fingerprint density at radius 2 is 2.12 bits per heavy atom. The minimum Gasteiger partial charge on any atom is -0.490 e.